The number of aliphatic imine (C=N–C) groups is 1. The van der Waals surface area contributed by atoms with Gasteiger partial charge in [0.25, 0.3) is 5.88 Å². The number of nitrogens with zero attached hydrogens (tertiary/aromatic N) is 3. The van der Waals surface area contributed by atoms with Gasteiger partial charge in [0.15, 0.2) is 5.75 Å². The molecule has 0 amide bonds. The van der Waals surface area contributed by atoms with Gasteiger partial charge in [-0.15, -0.1) is 0 Å². The third-order valence-electron chi connectivity index (χ3n) is 5.16. The monoisotopic (exact) mass is 487 g/mol. The molecular formula is C25H21F4N3O3. The number of halogens is 4. The first kappa shape index (κ1) is 24.2. The summed E-state index contributed by atoms with van der Waals surface area (Å²) in [4.78, 5) is 9.58. The van der Waals surface area contributed by atoms with Gasteiger partial charge < -0.3 is 19.1 Å². The lowest BCUT2D eigenvalue weighted by molar-refractivity contribution is 0.170. The first-order chi connectivity index (χ1) is 16.9. The zero-order chi connectivity index (χ0) is 24.9. The first-order valence-electron chi connectivity index (χ1n) is 10.6. The van der Waals surface area contributed by atoms with Gasteiger partial charge in [-0.25, -0.2) is 23.1 Å². The highest BCUT2D eigenvalue weighted by Crippen LogP contribution is 2.36. The second kappa shape index (κ2) is 10.6. The summed E-state index contributed by atoms with van der Waals surface area (Å²) in [6.07, 6.45) is 3.32. The molecule has 0 spiro atoms. The summed E-state index contributed by atoms with van der Waals surface area (Å²) >= 11 is 0. The van der Waals surface area contributed by atoms with Crippen molar-refractivity contribution < 1.29 is 31.8 Å². The predicted octanol–water partition coefficient (Wildman–Crippen LogP) is 5.86. The maximum Gasteiger partial charge on any atom is 0.259 e. The maximum atomic E-state index is 14.8. The number of anilines is 1. The van der Waals surface area contributed by atoms with E-state index in [0.29, 0.717) is 42.1 Å². The summed E-state index contributed by atoms with van der Waals surface area (Å²) in [5, 5.41) is 0. The lowest BCUT2D eigenvalue weighted by Gasteiger charge is -2.27. The van der Waals surface area contributed by atoms with Crippen LogP contribution in [0.2, 0.25) is 0 Å². The van der Waals surface area contributed by atoms with E-state index in [4.69, 9.17) is 14.2 Å². The summed E-state index contributed by atoms with van der Waals surface area (Å²) < 4.78 is 72.4. The molecule has 1 aliphatic rings. The third kappa shape index (κ3) is 5.43. The minimum Gasteiger partial charge on any atom is -0.490 e. The smallest absolute Gasteiger partial charge is 0.259 e. The van der Waals surface area contributed by atoms with E-state index in [2.05, 4.69) is 16.6 Å². The molecule has 0 bridgehead atoms. The summed E-state index contributed by atoms with van der Waals surface area (Å²) in [5.74, 6) is -3.83. The maximum absolute atomic E-state index is 14.8. The molecule has 182 valence electrons. The van der Waals surface area contributed by atoms with Gasteiger partial charge in [0.2, 0.25) is 5.82 Å². The van der Waals surface area contributed by atoms with E-state index in [0.717, 1.165) is 0 Å². The number of benzene rings is 2. The zero-order valence-corrected chi connectivity index (χ0v) is 18.7. The Labute approximate surface area is 199 Å². The highest BCUT2D eigenvalue weighted by Gasteiger charge is 2.22. The zero-order valence-electron chi connectivity index (χ0n) is 18.7. The minimum atomic E-state index is -1.01. The second-order valence-corrected chi connectivity index (χ2v) is 7.57. The number of hydrogen-bond acceptors (Lipinski definition) is 6. The van der Waals surface area contributed by atoms with Crippen molar-refractivity contribution in [3.8, 4) is 17.4 Å². The quantitative estimate of drug-likeness (QED) is 0.279. The van der Waals surface area contributed by atoms with Crippen molar-refractivity contribution in [1.82, 2.24) is 4.98 Å². The van der Waals surface area contributed by atoms with E-state index >= 15 is 0 Å². The van der Waals surface area contributed by atoms with Crippen LogP contribution in [0.25, 0.3) is 5.70 Å². The number of rotatable bonds is 9. The highest BCUT2D eigenvalue weighted by atomic mass is 19.1. The Morgan fingerprint density at radius 3 is 2.51 bits per heavy atom. The number of ether oxygens (including phenoxy) is 3. The molecule has 2 aromatic carbocycles. The van der Waals surface area contributed by atoms with Crippen LogP contribution >= 0.6 is 0 Å². The molecule has 0 saturated heterocycles. The fraction of sp³-hybridized carbons (Fsp3) is 0.200. The lowest BCUT2D eigenvalue weighted by atomic mass is 10.1. The molecule has 0 N–H and O–H groups in total. The second-order valence-electron chi connectivity index (χ2n) is 7.57. The van der Waals surface area contributed by atoms with Crippen molar-refractivity contribution in [2.24, 2.45) is 4.99 Å². The SMILES string of the molecule is C=C1N=CN(Cc2c(F)cc(F)cc2F)c2ccc(Oc3nccc(OCCCOC)c3F)cc21. The van der Waals surface area contributed by atoms with Gasteiger partial charge in [0.05, 0.1) is 30.9 Å². The Kier molecular flexibility index (Phi) is 7.31. The standard InChI is InChI=1S/C25H21F4N3O3/c1-15-18-12-17(35-25-24(29)23(6-7-30-25)34-9-3-8-33-2)4-5-22(18)32(14-31-15)13-19-20(27)10-16(26)11-21(19)28/h4-7,10-12,14H,1,3,8-9,13H2,2H3. The Balaban J connectivity index is 1.55. The molecule has 2 heterocycles. The van der Waals surface area contributed by atoms with E-state index in [9.17, 15) is 17.6 Å². The van der Waals surface area contributed by atoms with Crippen molar-refractivity contribution in [2.75, 3.05) is 25.2 Å². The van der Waals surface area contributed by atoms with Gasteiger partial charge in [-0.3, -0.25) is 0 Å². The molecule has 0 fully saturated rings. The van der Waals surface area contributed by atoms with Gasteiger partial charge in [0.1, 0.15) is 23.2 Å². The minimum absolute atomic E-state index is 0.00685. The molecule has 1 aromatic heterocycles. The Bertz CT molecular complexity index is 1260. The average Bonchev–Trinajstić information content (AvgIpc) is 2.82. The average molecular weight is 487 g/mol. The fourth-order valence-electron chi connectivity index (χ4n) is 3.44. The van der Waals surface area contributed by atoms with Gasteiger partial charge in [-0.05, 0) is 18.2 Å². The predicted molar refractivity (Wildman–Crippen MR) is 123 cm³/mol. The molecule has 0 atom stereocenters. The first-order valence-corrected chi connectivity index (χ1v) is 10.6. The van der Waals surface area contributed by atoms with Gasteiger partial charge in [-0.2, -0.15) is 4.39 Å². The van der Waals surface area contributed by atoms with E-state index < -0.39 is 23.3 Å². The van der Waals surface area contributed by atoms with Crippen LogP contribution in [0, 0.1) is 23.3 Å². The number of pyridine rings is 1. The van der Waals surface area contributed by atoms with Gasteiger partial charge >= 0.3 is 0 Å². The fourth-order valence-corrected chi connectivity index (χ4v) is 3.44. The number of fused-ring (bicyclic) bond motifs is 1. The number of methoxy groups -OCH3 is 1. The van der Waals surface area contributed by atoms with Crippen LogP contribution in [0.4, 0.5) is 23.2 Å². The molecule has 10 heteroatoms. The lowest BCUT2D eigenvalue weighted by Crippen LogP contribution is -2.25. The summed E-state index contributed by atoms with van der Waals surface area (Å²) in [7, 11) is 1.57. The van der Waals surface area contributed by atoms with Crippen LogP contribution < -0.4 is 14.4 Å². The van der Waals surface area contributed by atoms with Crippen LogP contribution in [-0.4, -0.2) is 31.6 Å². The van der Waals surface area contributed by atoms with Crippen LogP contribution in [0.5, 0.6) is 17.4 Å². The van der Waals surface area contributed by atoms with Crippen molar-refractivity contribution in [3.63, 3.8) is 0 Å². The molecule has 0 unspecified atom stereocenters. The number of hydrogen-bond donors (Lipinski definition) is 0. The van der Waals surface area contributed by atoms with E-state index in [1.807, 2.05) is 0 Å². The third-order valence-corrected chi connectivity index (χ3v) is 5.16. The van der Waals surface area contributed by atoms with Crippen LogP contribution in [0.15, 0.2) is 54.2 Å². The molecular weight excluding hydrogens is 466 g/mol. The largest absolute Gasteiger partial charge is 0.490 e. The van der Waals surface area contributed by atoms with Gasteiger partial charge in [-0.1, -0.05) is 6.58 Å². The van der Waals surface area contributed by atoms with E-state index in [1.165, 1.54) is 23.5 Å². The van der Waals surface area contributed by atoms with E-state index in [-0.39, 0.29) is 36.1 Å². The van der Waals surface area contributed by atoms with Crippen LogP contribution in [0.1, 0.15) is 17.5 Å². The molecule has 35 heavy (non-hydrogen) atoms. The Morgan fingerprint density at radius 2 is 1.77 bits per heavy atom. The Morgan fingerprint density at radius 1 is 1.00 bits per heavy atom. The summed E-state index contributed by atoms with van der Waals surface area (Å²) in [5.41, 5.74) is 1.08. The topological polar surface area (TPSA) is 56.2 Å². The van der Waals surface area contributed by atoms with Crippen molar-refractivity contribution in [3.05, 3.63) is 83.6 Å². The Hall–Kier alpha value is -3.92. The van der Waals surface area contributed by atoms with Gasteiger partial charge in [0, 0.05) is 55.7 Å². The van der Waals surface area contributed by atoms with Crippen molar-refractivity contribution in [1.29, 1.82) is 0 Å². The molecule has 0 aliphatic carbocycles. The molecule has 0 radical (unpaired) electrons. The normalized spacial score (nSPS) is 12.6. The molecule has 3 aromatic rings. The van der Waals surface area contributed by atoms with E-state index in [1.54, 1.807) is 25.3 Å². The van der Waals surface area contributed by atoms with Crippen molar-refractivity contribution in [2.45, 2.75) is 13.0 Å². The molecule has 1 aliphatic heterocycles. The van der Waals surface area contributed by atoms with Crippen LogP contribution in [0.3, 0.4) is 0 Å². The summed E-state index contributed by atoms with van der Waals surface area (Å²) in [6, 6.07) is 7.35. The summed E-state index contributed by atoms with van der Waals surface area (Å²) in [6.45, 7) is 4.38. The van der Waals surface area contributed by atoms with Crippen molar-refractivity contribution >= 4 is 17.7 Å². The molecule has 6 nitrogen and oxygen atoms in total. The molecule has 0 saturated carbocycles. The van der Waals surface area contributed by atoms with Crippen LogP contribution in [-0.2, 0) is 11.3 Å². The molecule has 4 rings (SSSR count). The number of aromatic nitrogens is 1. The highest BCUT2D eigenvalue weighted by molar-refractivity contribution is 5.94.